The van der Waals surface area contributed by atoms with Gasteiger partial charge in [-0.2, -0.15) is 0 Å². The molecule has 0 spiro atoms. The lowest BCUT2D eigenvalue weighted by molar-refractivity contribution is -0.276. The highest BCUT2D eigenvalue weighted by molar-refractivity contribution is 5.22. The summed E-state index contributed by atoms with van der Waals surface area (Å²) in [6.07, 6.45) is 10.1. The molecular weight excluding hydrogens is 392 g/mol. The van der Waals surface area contributed by atoms with E-state index in [9.17, 15) is 10.2 Å². The number of aliphatic hydroxyl groups excluding tert-OH is 2. The molecule has 2 heteroatoms. The van der Waals surface area contributed by atoms with E-state index < -0.39 is 0 Å². The molecule has 0 saturated heterocycles. The first-order valence-electron chi connectivity index (χ1n) is 13.8. The first kappa shape index (κ1) is 23.4. The van der Waals surface area contributed by atoms with Crippen LogP contribution in [0, 0.1) is 56.7 Å². The number of hydrogen-bond donors (Lipinski definition) is 2. The lowest BCUT2D eigenvalue weighted by Crippen LogP contribution is -2.70. The van der Waals surface area contributed by atoms with E-state index in [1.165, 1.54) is 44.1 Å². The maximum absolute atomic E-state index is 12.0. The van der Waals surface area contributed by atoms with Gasteiger partial charge in [-0.3, -0.25) is 0 Å². The topological polar surface area (TPSA) is 40.5 Å². The van der Waals surface area contributed by atoms with E-state index in [1.807, 2.05) is 0 Å². The van der Waals surface area contributed by atoms with Crippen LogP contribution in [-0.4, -0.2) is 22.4 Å². The van der Waals surface area contributed by atoms with Crippen LogP contribution < -0.4 is 0 Å². The second kappa shape index (κ2) is 6.87. The molecule has 5 aliphatic rings. The van der Waals surface area contributed by atoms with Crippen LogP contribution in [0.15, 0.2) is 12.2 Å². The van der Waals surface area contributed by atoms with Crippen molar-refractivity contribution in [1.82, 2.24) is 0 Å². The van der Waals surface area contributed by atoms with E-state index in [1.54, 1.807) is 0 Å². The maximum Gasteiger partial charge on any atom is 0.0594 e. The number of rotatable bonds is 0. The van der Waals surface area contributed by atoms with E-state index in [0.29, 0.717) is 35.0 Å². The third-order valence-electron chi connectivity index (χ3n) is 13.6. The normalized spacial score (nSPS) is 59.4. The number of aliphatic hydroxyl groups is 2. The van der Waals surface area contributed by atoms with Gasteiger partial charge in [-0.1, -0.05) is 60.6 Å². The van der Waals surface area contributed by atoms with Crippen molar-refractivity contribution in [3.63, 3.8) is 0 Å². The molecule has 0 aromatic carbocycles. The van der Waals surface area contributed by atoms with Crippen molar-refractivity contribution in [1.29, 1.82) is 0 Å². The smallest absolute Gasteiger partial charge is 0.0594 e. The monoisotopic (exact) mass is 442 g/mol. The van der Waals surface area contributed by atoms with Gasteiger partial charge in [0.05, 0.1) is 12.2 Å². The van der Waals surface area contributed by atoms with Crippen LogP contribution in [-0.2, 0) is 0 Å². The Morgan fingerprint density at radius 3 is 2.16 bits per heavy atom. The number of hydrogen-bond acceptors (Lipinski definition) is 2. The van der Waals surface area contributed by atoms with Crippen LogP contribution in [0.2, 0.25) is 0 Å². The number of fused-ring (bicyclic) bond motifs is 7. The SMILES string of the molecule is C=C1CC[C@]2(C)CC[C@]3(C)[C@@H]([C@H]2[C@@H]1C)[C@@H](O)C[C@@H]1[C@@]2(C)CC[C@@H](O)C(C)(C)[C@@H]2CC[C@]13C. The Bertz CT molecular complexity index is 801. The minimum atomic E-state index is -0.207. The molecule has 32 heavy (non-hydrogen) atoms. The van der Waals surface area contributed by atoms with Gasteiger partial charge in [0.15, 0.2) is 0 Å². The van der Waals surface area contributed by atoms with Crippen molar-refractivity contribution in [3.8, 4) is 0 Å². The Hall–Kier alpha value is -0.340. The minimum Gasteiger partial charge on any atom is -0.393 e. The molecule has 182 valence electrons. The third-order valence-corrected chi connectivity index (χ3v) is 13.6. The van der Waals surface area contributed by atoms with Gasteiger partial charge in [-0.15, -0.1) is 0 Å². The first-order chi connectivity index (χ1) is 14.7. The van der Waals surface area contributed by atoms with Crippen LogP contribution in [0.5, 0.6) is 0 Å². The van der Waals surface area contributed by atoms with Gasteiger partial charge >= 0.3 is 0 Å². The summed E-state index contributed by atoms with van der Waals surface area (Å²) in [5, 5.41) is 22.9. The highest BCUT2D eigenvalue weighted by Crippen LogP contribution is 2.76. The highest BCUT2D eigenvalue weighted by Gasteiger charge is 2.71. The predicted molar refractivity (Wildman–Crippen MR) is 132 cm³/mol. The fourth-order valence-corrected chi connectivity index (χ4v) is 11.3. The summed E-state index contributed by atoms with van der Waals surface area (Å²) in [6, 6.07) is 0. The molecule has 0 bridgehead atoms. The Balaban J connectivity index is 1.58. The minimum absolute atomic E-state index is 0.0300. The Kier molecular flexibility index (Phi) is 5.02. The number of allylic oxidation sites excluding steroid dienone is 1. The summed E-state index contributed by atoms with van der Waals surface area (Å²) < 4.78 is 0. The lowest BCUT2D eigenvalue weighted by atomic mass is 9.31. The molecule has 0 aromatic rings. The molecule has 0 amide bonds. The molecule has 2 nitrogen and oxygen atoms in total. The molecular formula is C30H50O2. The molecule has 5 fully saturated rings. The summed E-state index contributed by atoms with van der Waals surface area (Å²) in [6.45, 7) is 21.8. The standard InChI is InChI=1S/C30H50O2/c1-18-9-12-27(5)15-16-30(8)25(24(27)19(18)2)20(31)17-22-28(6)13-11-23(32)26(3,4)21(28)10-14-29(22,30)7/h19-25,31-32H,1,9-17H2,2-8H3/t19-,20+,21+,22-,23-,24-,25-,27-,28+,29-,30-/m1/s1. The molecule has 11 atom stereocenters. The molecule has 0 aliphatic heterocycles. The third kappa shape index (κ3) is 2.66. The van der Waals surface area contributed by atoms with Gasteiger partial charge in [-0.05, 0) is 114 Å². The summed E-state index contributed by atoms with van der Waals surface area (Å²) in [7, 11) is 0. The second-order valence-electron chi connectivity index (χ2n) is 14.8. The molecule has 5 saturated carbocycles. The van der Waals surface area contributed by atoms with E-state index in [2.05, 4.69) is 55.0 Å². The molecule has 0 aromatic heterocycles. The summed E-state index contributed by atoms with van der Waals surface area (Å²) in [5.41, 5.74) is 2.41. The highest BCUT2D eigenvalue weighted by atomic mass is 16.3. The average Bonchev–Trinajstić information content (AvgIpc) is 2.71. The first-order valence-corrected chi connectivity index (χ1v) is 13.8. The largest absolute Gasteiger partial charge is 0.393 e. The zero-order valence-corrected chi connectivity index (χ0v) is 22.0. The summed E-state index contributed by atoms with van der Waals surface area (Å²) in [5.74, 6) is 2.56. The van der Waals surface area contributed by atoms with E-state index >= 15 is 0 Å². The zero-order valence-electron chi connectivity index (χ0n) is 22.0. The van der Waals surface area contributed by atoms with Crippen LogP contribution in [0.3, 0.4) is 0 Å². The Morgan fingerprint density at radius 1 is 0.781 bits per heavy atom. The molecule has 2 N–H and O–H groups in total. The molecule has 0 heterocycles. The molecule has 5 rings (SSSR count). The van der Waals surface area contributed by atoms with Crippen LogP contribution in [0.4, 0.5) is 0 Å². The zero-order chi connectivity index (χ0) is 23.5. The molecule has 0 unspecified atom stereocenters. The van der Waals surface area contributed by atoms with Crippen molar-refractivity contribution >= 4 is 0 Å². The van der Waals surface area contributed by atoms with Crippen molar-refractivity contribution in [3.05, 3.63) is 12.2 Å². The Morgan fingerprint density at radius 2 is 1.47 bits per heavy atom. The van der Waals surface area contributed by atoms with Gasteiger partial charge in [0.1, 0.15) is 0 Å². The van der Waals surface area contributed by atoms with Crippen LogP contribution in [0.25, 0.3) is 0 Å². The maximum atomic E-state index is 12.0. The van der Waals surface area contributed by atoms with Gasteiger partial charge in [-0.25, -0.2) is 0 Å². The van der Waals surface area contributed by atoms with E-state index in [0.717, 1.165) is 19.3 Å². The summed E-state index contributed by atoms with van der Waals surface area (Å²) in [4.78, 5) is 0. The van der Waals surface area contributed by atoms with Crippen LogP contribution >= 0.6 is 0 Å². The predicted octanol–water partition coefficient (Wildman–Crippen LogP) is 7.00. The van der Waals surface area contributed by atoms with Crippen molar-refractivity contribution in [2.75, 3.05) is 0 Å². The van der Waals surface area contributed by atoms with Crippen LogP contribution in [0.1, 0.15) is 106 Å². The van der Waals surface area contributed by atoms with Crippen molar-refractivity contribution < 1.29 is 10.2 Å². The van der Waals surface area contributed by atoms with Gasteiger partial charge < -0.3 is 10.2 Å². The van der Waals surface area contributed by atoms with Gasteiger partial charge in [0, 0.05) is 0 Å². The fraction of sp³-hybridized carbons (Fsp3) is 0.933. The van der Waals surface area contributed by atoms with Gasteiger partial charge in [0.2, 0.25) is 0 Å². The summed E-state index contributed by atoms with van der Waals surface area (Å²) >= 11 is 0. The molecule has 0 radical (unpaired) electrons. The fourth-order valence-electron chi connectivity index (χ4n) is 11.3. The average molecular weight is 443 g/mol. The van der Waals surface area contributed by atoms with E-state index in [-0.39, 0.29) is 33.9 Å². The van der Waals surface area contributed by atoms with Gasteiger partial charge in [0.25, 0.3) is 0 Å². The quantitative estimate of drug-likeness (QED) is 0.397. The van der Waals surface area contributed by atoms with E-state index in [4.69, 9.17) is 0 Å². The van der Waals surface area contributed by atoms with Crippen molar-refractivity contribution in [2.45, 2.75) is 118 Å². The second-order valence-corrected chi connectivity index (χ2v) is 14.8. The lowest BCUT2D eigenvalue weighted by Gasteiger charge is -2.74. The molecule has 5 aliphatic carbocycles. The van der Waals surface area contributed by atoms with Crippen molar-refractivity contribution in [2.24, 2.45) is 56.7 Å². The Labute approximate surface area is 197 Å².